The summed E-state index contributed by atoms with van der Waals surface area (Å²) < 4.78 is 15.8. The zero-order valence-corrected chi connectivity index (χ0v) is 18.2. The summed E-state index contributed by atoms with van der Waals surface area (Å²) in [6.45, 7) is 2.00. The lowest BCUT2D eigenvalue weighted by molar-refractivity contribution is -0.384. The molecule has 1 N–H and O–H groups in total. The number of nitro groups is 1. The van der Waals surface area contributed by atoms with Crippen molar-refractivity contribution in [2.75, 3.05) is 19.0 Å². The van der Waals surface area contributed by atoms with Crippen molar-refractivity contribution in [3.63, 3.8) is 0 Å². The molecule has 0 spiro atoms. The molecule has 0 saturated heterocycles. The van der Waals surface area contributed by atoms with E-state index >= 15 is 0 Å². The van der Waals surface area contributed by atoms with Gasteiger partial charge in [0, 0.05) is 23.8 Å². The van der Waals surface area contributed by atoms with Crippen molar-refractivity contribution < 1.29 is 28.4 Å². The van der Waals surface area contributed by atoms with Gasteiger partial charge in [-0.2, -0.15) is 5.26 Å². The highest BCUT2D eigenvalue weighted by Crippen LogP contribution is 2.29. The first-order chi connectivity index (χ1) is 16.4. The van der Waals surface area contributed by atoms with Crippen LogP contribution >= 0.6 is 0 Å². The number of amides is 1. The fraction of sp³-hybridized carbons (Fsp3) is 0.125. The lowest BCUT2D eigenvalue weighted by atomic mass is 10.1. The van der Waals surface area contributed by atoms with Crippen LogP contribution in [0.1, 0.15) is 23.0 Å². The Bertz CT molecular complexity index is 1300. The molecule has 0 bridgehead atoms. The molecule has 0 aliphatic carbocycles. The number of nitro benzene ring substituents is 1. The van der Waals surface area contributed by atoms with Gasteiger partial charge < -0.3 is 19.2 Å². The summed E-state index contributed by atoms with van der Waals surface area (Å²) in [4.78, 5) is 34.8. The van der Waals surface area contributed by atoms with Crippen LogP contribution in [0.2, 0.25) is 0 Å². The van der Waals surface area contributed by atoms with E-state index in [0.29, 0.717) is 16.9 Å². The molecule has 0 saturated carbocycles. The summed E-state index contributed by atoms with van der Waals surface area (Å²) in [5.41, 5.74) is 0.592. The Morgan fingerprint density at radius 3 is 2.53 bits per heavy atom. The maximum absolute atomic E-state index is 12.6. The molecule has 0 unspecified atom stereocenters. The van der Waals surface area contributed by atoms with Crippen LogP contribution in [0.25, 0.3) is 17.4 Å². The van der Waals surface area contributed by atoms with Gasteiger partial charge in [-0.1, -0.05) is 12.1 Å². The van der Waals surface area contributed by atoms with Crippen molar-refractivity contribution in [1.29, 1.82) is 5.26 Å². The van der Waals surface area contributed by atoms with Gasteiger partial charge in [0.15, 0.2) is 0 Å². The number of ether oxygens (including phenoxy) is 2. The number of nitriles is 1. The number of hydrogen-bond acceptors (Lipinski definition) is 8. The molecule has 1 amide bonds. The van der Waals surface area contributed by atoms with Crippen molar-refractivity contribution >= 4 is 29.3 Å². The van der Waals surface area contributed by atoms with Crippen LogP contribution in [0.5, 0.6) is 5.75 Å². The fourth-order valence-electron chi connectivity index (χ4n) is 2.96. The minimum atomic E-state index is -0.793. The Labute approximate surface area is 194 Å². The first kappa shape index (κ1) is 23.7. The summed E-state index contributed by atoms with van der Waals surface area (Å²) in [7, 11) is 1.35. The van der Waals surface area contributed by atoms with E-state index in [4.69, 9.17) is 13.9 Å². The van der Waals surface area contributed by atoms with Crippen molar-refractivity contribution in [2.24, 2.45) is 0 Å². The standard InChI is InChI=1S/C24H19N3O7/c1-3-33-24(29)16-6-4-15(5-7-16)21-11-9-19(34-21)12-17(14-25)23(28)26-20-13-18(27(30)31)8-10-22(20)32-2/h4-13H,3H2,1-2H3,(H,26,28)/b17-12+. The number of nitrogens with zero attached hydrogens (tertiary/aromatic N) is 2. The number of esters is 1. The second-order valence-electron chi connectivity index (χ2n) is 6.77. The van der Waals surface area contributed by atoms with Crippen LogP contribution in [-0.2, 0) is 9.53 Å². The van der Waals surface area contributed by atoms with Crippen LogP contribution < -0.4 is 10.1 Å². The smallest absolute Gasteiger partial charge is 0.338 e. The van der Waals surface area contributed by atoms with Gasteiger partial charge in [0.1, 0.15) is 28.9 Å². The average Bonchev–Trinajstić information content (AvgIpc) is 3.31. The number of furan rings is 1. The van der Waals surface area contributed by atoms with Crippen LogP contribution in [0.4, 0.5) is 11.4 Å². The number of methoxy groups -OCH3 is 1. The van der Waals surface area contributed by atoms with Crippen molar-refractivity contribution in [2.45, 2.75) is 6.92 Å². The fourth-order valence-corrected chi connectivity index (χ4v) is 2.96. The Morgan fingerprint density at radius 2 is 1.91 bits per heavy atom. The predicted octanol–water partition coefficient (Wildman–Crippen LogP) is 4.59. The molecule has 34 heavy (non-hydrogen) atoms. The molecule has 0 radical (unpaired) electrons. The van der Waals surface area contributed by atoms with E-state index in [-0.39, 0.29) is 35.1 Å². The molecule has 2 aromatic carbocycles. The number of rotatable bonds is 8. The quantitative estimate of drug-likeness (QED) is 0.169. The van der Waals surface area contributed by atoms with Crippen LogP contribution in [0.15, 0.2) is 64.6 Å². The number of nitrogens with one attached hydrogen (secondary N) is 1. The van der Waals surface area contributed by atoms with E-state index < -0.39 is 16.8 Å². The van der Waals surface area contributed by atoms with Gasteiger partial charge in [-0.05, 0) is 37.3 Å². The van der Waals surface area contributed by atoms with E-state index in [1.54, 1.807) is 49.4 Å². The number of carbonyl (C=O) groups is 2. The molecule has 3 aromatic rings. The Hall–Kier alpha value is -4.91. The van der Waals surface area contributed by atoms with Crippen LogP contribution in [0.3, 0.4) is 0 Å². The molecule has 172 valence electrons. The third-order valence-corrected chi connectivity index (χ3v) is 4.60. The molecule has 3 rings (SSSR count). The van der Waals surface area contributed by atoms with Crippen molar-refractivity contribution in [1.82, 2.24) is 0 Å². The molecular formula is C24H19N3O7. The number of hydrogen-bond donors (Lipinski definition) is 1. The zero-order valence-electron chi connectivity index (χ0n) is 18.2. The molecular weight excluding hydrogens is 442 g/mol. The Kier molecular flexibility index (Phi) is 7.41. The SMILES string of the molecule is CCOC(=O)c1ccc(-c2ccc(/C=C(\C#N)C(=O)Nc3cc([N+](=O)[O-])ccc3OC)o2)cc1. The van der Waals surface area contributed by atoms with E-state index in [1.807, 2.05) is 0 Å². The third kappa shape index (κ3) is 5.46. The lowest BCUT2D eigenvalue weighted by Gasteiger charge is -2.09. The second kappa shape index (κ2) is 10.6. The largest absolute Gasteiger partial charge is 0.495 e. The average molecular weight is 461 g/mol. The molecule has 1 aromatic heterocycles. The van der Waals surface area contributed by atoms with E-state index in [9.17, 15) is 25.0 Å². The molecule has 0 atom stereocenters. The molecule has 1 heterocycles. The topological polar surface area (TPSA) is 145 Å². The number of carbonyl (C=O) groups excluding carboxylic acids is 2. The summed E-state index contributed by atoms with van der Waals surface area (Å²) in [5.74, 6) is -0.329. The number of anilines is 1. The van der Waals surface area contributed by atoms with Gasteiger partial charge >= 0.3 is 5.97 Å². The Morgan fingerprint density at radius 1 is 1.18 bits per heavy atom. The highest BCUT2D eigenvalue weighted by Gasteiger charge is 2.17. The predicted molar refractivity (Wildman–Crippen MR) is 122 cm³/mol. The van der Waals surface area contributed by atoms with Crippen molar-refractivity contribution in [3.8, 4) is 23.1 Å². The number of benzene rings is 2. The Balaban J connectivity index is 1.80. The summed E-state index contributed by atoms with van der Waals surface area (Å²) >= 11 is 0. The summed E-state index contributed by atoms with van der Waals surface area (Å²) in [5, 5.41) is 22.9. The number of non-ortho nitro benzene ring substituents is 1. The molecule has 0 aliphatic rings. The highest BCUT2D eigenvalue weighted by atomic mass is 16.6. The zero-order chi connectivity index (χ0) is 24.7. The van der Waals surface area contributed by atoms with Gasteiger partial charge in [0.05, 0.1) is 29.9 Å². The molecule has 10 nitrogen and oxygen atoms in total. The van der Waals surface area contributed by atoms with Gasteiger partial charge in [0.25, 0.3) is 11.6 Å². The lowest BCUT2D eigenvalue weighted by Crippen LogP contribution is -2.14. The monoisotopic (exact) mass is 461 g/mol. The third-order valence-electron chi connectivity index (χ3n) is 4.60. The maximum Gasteiger partial charge on any atom is 0.338 e. The molecule has 0 fully saturated rings. The summed E-state index contributed by atoms with van der Waals surface area (Å²) in [6, 6.07) is 15.3. The van der Waals surface area contributed by atoms with Crippen LogP contribution in [-0.4, -0.2) is 30.5 Å². The van der Waals surface area contributed by atoms with Gasteiger partial charge in [0.2, 0.25) is 0 Å². The normalized spacial score (nSPS) is 10.8. The first-order valence-corrected chi connectivity index (χ1v) is 9.99. The van der Waals surface area contributed by atoms with Gasteiger partial charge in [-0.25, -0.2) is 4.79 Å². The highest BCUT2D eigenvalue weighted by molar-refractivity contribution is 6.10. The van der Waals surface area contributed by atoms with E-state index in [1.165, 1.54) is 25.3 Å². The van der Waals surface area contributed by atoms with Crippen LogP contribution in [0, 0.1) is 21.4 Å². The first-order valence-electron chi connectivity index (χ1n) is 9.99. The van der Waals surface area contributed by atoms with Gasteiger partial charge in [-0.3, -0.25) is 14.9 Å². The summed E-state index contributed by atoms with van der Waals surface area (Å²) in [6.07, 6.45) is 1.25. The minimum Gasteiger partial charge on any atom is -0.495 e. The molecule has 10 heteroatoms. The van der Waals surface area contributed by atoms with E-state index in [2.05, 4.69) is 5.32 Å². The maximum atomic E-state index is 12.6. The second-order valence-corrected chi connectivity index (χ2v) is 6.77. The minimum absolute atomic E-state index is 0.0460. The van der Waals surface area contributed by atoms with Gasteiger partial charge in [-0.15, -0.1) is 0 Å². The van der Waals surface area contributed by atoms with E-state index in [0.717, 1.165) is 6.07 Å². The molecule has 0 aliphatic heterocycles. The van der Waals surface area contributed by atoms with Crippen molar-refractivity contribution in [3.05, 3.63) is 81.6 Å².